The lowest BCUT2D eigenvalue weighted by Gasteiger charge is -2.07. The summed E-state index contributed by atoms with van der Waals surface area (Å²) in [5.41, 5.74) is 9.91. The molecule has 3 N–H and O–H groups in total. The van der Waals surface area contributed by atoms with Gasteiger partial charge in [-0.05, 0) is 42.3 Å². The van der Waals surface area contributed by atoms with Crippen molar-refractivity contribution in [3.8, 4) is 11.1 Å². The van der Waals surface area contributed by atoms with Gasteiger partial charge in [-0.3, -0.25) is 0 Å². The van der Waals surface area contributed by atoms with Crippen LogP contribution in [-0.2, 0) is 6.42 Å². The average Bonchev–Trinajstić information content (AvgIpc) is 2.85. The number of nitrogens with two attached hydrogens (primary N) is 1. The third-order valence-corrected chi connectivity index (χ3v) is 4.08. The molecule has 0 radical (unpaired) electrons. The predicted molar refractivity (Wildman–Crippen MR) is 86.5 cm³/mol. The van der Waals surface area contributed by atoms with Crippen LogP contribution in [0.4, 0.5) is 0 Å². The molecule has 2 nitrogen and oxygen atoms in total. The SMILES string of the molecule is NCCc1c[nH]c2ccc(-c3ccc(Cl)cc3)c(Cl)c12. The summed E-state index contributed by atoms with van der Waals surface area (Å²) >= 11 is 12.5. The van der Waals surface area contributed by atoms with Crippen molar-refractivity contribution in [1.82, 2.24) is 4.98 Å². The van der Waals surface area contributed by atoms with Crippen molar-refractivity contribution < 1.29 is 0 Å². The van der Waals surface area contributed by atoms with Crippen molar-refractivity contribution in [3.05, 3.63) is 58.2 Å². The molecule has 3 rings (SSSR count). The monoisotopic (exact) mass is 304 g/mol. The largest absolute Gasteiger partial charge is 0.361 e. The van der Waals surface area contributed by atoms with E-state index in [-0.39, 0.29) is 0 Å². The van der Waals surface area contributed by atoms with E-state index in [9.17, 15) is 0 Å². The van der Waals surface area contributed by atoms with E-state index in [4.69, 9.17) is 28.9 Å². The number of benzene rings is 2. The molecule has 3 aromatic rings. The summed E-state index contributed by atoms with van der Waals surface area (Å²) in [4.78, 5) is 3.24. The molecule has 1 heterocycles. The van der Waals surface area contributed by atoms with Crippen LogP contribution in [0.3, 0.4) is 0 Å². The number of hydrogen-bond donors (Lipinski definition) is 2. The minimum atomic E-state index is 0.606. The Morgan fingerprint density at radius 3 is 2.45 bits per heavy atom. The molecule has 0 bridgehead atoms. The molecule has 0 aliphatic heterocycles. The Kier molecular flexibility index (Phi) is 3.70. The minimum Gasteiger partial charge on any atom is -0.361 e. The summed E-state index contributed by atoms with van der Waals surface area (Å²) in [6.45, 7) is 0.606. The second-order valence-corrected chi connectivity index (χ2v) is 5.52. The van der Waals surface area contributed by atoms with E-state index in [2.05, 4.69) is 4.98 Å². The summed E-state index contributed by atoms with van der Waals surface area (Å²) < 4.78 is 0. The van der Waals surface area contributed by atoms with Crippen molar-refractivity contribution in [2.75, 3.05) is 6.54 Å². The zero-order chi connectivity index (χ0) is 14.1. The fourth-order valence-corrected chi connectivity index (χ4v) is 2.97. The summed E-state index contributed by atoms with van der Waals surface area (Å²) in [6, 6.07) is 11.8. The minimum absolute atomic E-state index is 0.606. The Balaban J connectivity index is 2.19. The Morgan fingerprint density at radius 1 is 1.00 bits per heavy atom. The molecular weight excluding hydrogens is 291 g/mol. The van der Waals surface area contributed by atoms with E-state index in [0.29, 0.717) is 6.54 Å². The van der Waals surface area contributed by atoms with Gasteiger partial charge in [-0.15, -0.1) is 0 Å². The second kappa shape index (κ2) is 5.49. The summed E-state index contributed by atoms with van der Waals surface area (Å²) in [5, 5.41) is 2.54. The molecule has 0 aliphatic rings. The van der Waals surface area contributed by atoms with Gasteiger partial charge in [-0.25, -0.2) is 0 Å². The Labute approximate surface area is 127 Å². The summed E-state index contributed by atoms with van der Waals surface area (Å²) in [5.74, 6) is 0. The fraction of sp³-hybridized carbons (Fsp3) is 0.125. The van der Waals surface area contributed by atoms with Gasteiger partial charge >= 0.3 is 0 Å². The molecule has 4 heteroatoms. The molecule has 0 unspecified atom stereocenters. The third kappa shape index (κ3) is 2.31. The number of hydrogen-bond acceptors (Lipinski definition) is 1. The summed E-state index contributed by atoms with van der Waals surface area (Å²) in [6.07, 6.45) is 2.79. The lowest BCUT2D eigenvalue weighted by Crippen LogP contribution is -2.02. The van der Waals surface area contributed by atoms with Gasteiger partial charge in [0.05, 0.1) is 5.02 Å². The number of aromatic nitrogens is 1. The van der Waals surface area contributed by atoms with Gasteiger partial charge in [0.1, 0.15) is 0 Å². The molecule has 0 saturated carbocycles. The lowest BCUT2D eigenvalue weighted by molar-refractivity contribution is 0.976. The fourth-order valence-electron chi connectivity index (χ4n) is 2.45. The Bertz CT molecular complexity index is 745. The van der Waals surface area contributed by atoms with Crippen LogP contribution in [0.15, 0.2) is 42.6 Å². The maximum absolute atomic E-state index is 6.60. The quantitative estimate of drug-likeness (QED) is 0.727. The van der Waals surface area contributed by atoms with Crippen molar-refractivity contribution in [2.24, 2.45) is 5.73 Å². The van der Waals surface area contributed by atoms with Gasteiger partial charge in [0.2, 0.25) is 0 Å². The van der Waals surface area contributed by atoms with Gasteiger partial charge in [0.15, 0.2) is 0 Å². The van der Waals surface area contributed by atoms with Gasteiger partial charge in [0.25, 0.3) is 0 Å². The van der Waals surface area contributed by atoms with Crippen LogP contribution < -0.4 is 5.73 Å². The maximum atomic E-state index is 6.60. The molecule has 20 heavy (non-hydrogen) atoms. The Morgan fingerprint density at radius 2 is 1.75 bits per heavy atom. The van der Waals surface area contributed by atoms with Crippen molar-refractivity contribution in [3.63, 3.8) is 0 Å². The topological polar surface area (TPSA) is 41.8 Å². The normalized spacial score (nSPS) is 11.2. The predicted octanol–water partition coefficient (Wildman–Crippen LogP) is 4.64. The number of H-pyrrole nitrogens is 1. The Hall–Kier alpha value is -1.48. The van der Waals surface area contributed by atoms with Crippen LogP contribution in [0, 0.1) is 0 Å². The van der Waals surface area contributed by atoms with Crippen LogP contribution in [0.25, 0.3) is 22.0 Å². The first kappa shape index (κ1) is 13.5. The number of nitrogens with one attached hydrogen (secondary N) is 1. The molecule has 0 amide bonds. The molecule has 0 atom stereocenters. The zero-order valence-corrected chi connectivity index (χ0v) is 12.3. The molecular formula is C16H14Cl2N2. The van der Waals surface area contributed by atoms with E-state index >= 15 is 0 Å². The van der Waals surface area contributed by atoms with Gasteiger partial charge in [0, 0.05) is 27.7 Å². The lowest BCUT2D eigenvalue weighted by atomic mass is 10.0. The van der Waals surface area contributed by atoms with E-state index in [1.54, 1.807) is 0 Å². The van der Waals surface area contributed by atoms with Crippen molar-refractivity contribution in [2.45, 2.75) is 6.42 Å². The third-order valence-electron chi connectivity index (χ3n) is 3.43. The molecule has 0 saturated heterocycles. The maximum Gasteiger partial charge on any atom is 0.0580 e. The standard InChI is InChI=1S/C16H14Cl2N2/c17-12-3-1-10(2-4-12)13-5-6-14-15(16(13)18)11(7-8-19)9-20-14/h1-6,9,20H,7-8,19H2. The smallest absolute Gasteiger partial charge is 0.0580 e. The van der Waals surface area contributed by atoms with Crippen molar-refractivity contribution >= 4 is 34.1 Å². The number of fused-ring (bicyclic) bond motifs is 1. The van der Waals surface area contributed by atoms with Gasteiger partial charge in [-0.1, -0.05) is 41.4 Å². The van der Waals surface area contributed by atoms with Crippen LogP contribution in [0.2, 0.25) is 10.0 Å². The molecule has 102 valence electrons. The first-order chi connectivity index (χ1) is 9.70. The van der Waals surface area contributed by atoms with E-state index < -0.39 is 0 Å². The highest BCUT2D eigenvalue weighted by molar-refractivity contribution is 6.38. The van der Waals surface area contributed by atoms with Crippen LogP contribution in [-0.4, -0.2) is 11.5 Å². The van der Waals surface area contributed by atoms with Gasteiger partial charge in [-0.2, -0.15) is 0 Å². The molecule has 0 aliphatic carbocycles. The van der Waals surface area contributed by atoms with Crippen LogP contribution in [0.1, 0.15) is 5.56 Å². The van der Waals surface area contributed by atoms with Crippen molar-refractivity contribution in [1.29, 1.82) is 0 Å². The van der Waals surface area contributed by atoms with Crippen LogP contribution in [0.5, 0.6) is 0 Å². The highest BCUT2D eigenvalue weighted by atomic mass is 35.5. The average molecular weight is 305 g/mol. The number of halogens is 2. The first-order valence-corrected chi connectivity index (χ1v) is 7.21. The molecule has 2 aromatic carbocycles. The van der Waals surface area contributed by atoms with E-state index in [1.165, 1.54) is 0 Å². The molecule has 0 spiro atoms. The highest BCUT2D eigenvalue weighted by Gasteiger charge is 2.12. The van der Waals surface area contributed by atoms with E-state index in [1.807, 2.05) is 42.6 Å². The van der Waals surface area contributed by atoms with E-state index in [0.717, 1.165) is 44.1 Å². The zero-order valence-electron chi connectivity index (χ0n) is 10.8. The molecule has 0 fully saturated rings. The summed E-state index contributed by atoms with van der Waals surface area (Å²) in [7, 11) is 0. The number of aromatic amines is 1. The van der Waals surface area contributed by atoms with Crippen LogP contribution >= 0.6 is 23.2 Å². The second-order valence-electron chi connectivity index (χ2n) is 4.71. The first-order valence-electron chi connectivity index (χ1n) is 6.45. The van der Waals surface area contributed by atoms with Gasteiger partial charge < -0.3 is 10.7 Å². The highest BCUT2D eigenvalue weighted by Crippen LogP contribution is 2.36. The molecule has 1 aromatic heterocycles. The number of rotatable bonds is 3.